The Labute approximate surface area is 120 Å². The smallest absolute Gasteiger partial charge is 0.0445 e. The van der Waals surface area contributed by atoms with Crippen molar-refractivity contribution >= 4 is 11.8 Å². The van der Waals surface area contributed by atoms with Gasteiger partial charge in [0.15, 0.2) is 0 Å². The van der Waals surface area contributed by atoms with Crippen molar-refractivity contribution < 1.29 is 5.11 Å². The number of rotatable bonds is 4. The Balaban J connectivity index is 1.67. The number of benzene rings is 1. The molecule has 0 amide bonds. The van der Waals surface area contributed by atoms with E-state index in [4.69, 9.17) is 0 Å². The molecule has 2 unspecified atom stereocenters. The Kier molecular flexibility index (Phi) is 4.46. The predicted octanol–water partition coefficient (Wildman–Crippen LogP) is 3.11. The number of likely N-dealkylation sites (tertiary alicyclic amines) is 1. The molecule has 1 aromatic carbocycles. The van der Waals surface area contributed by atoms with Crippen LogP contribution in [0, 0.1) is 0 Å². The third-order valence-corrected chi connectivity index (χ3v) is 5.72. The lowest BCUT2D eigenvalue weighted by Crippen LogP contribution is -2.42. The summed E-state index contributed by atoms with van der Waals surface area (Å²) in [6.07, 6.45) is 4.87. The molecule has 0 aromatic heterocycles. The molecule has 1 fully saturated rings. The summed E-state index contributed by atoms with van der Waals surface area (Å²) >= 11 is 2.00. The lowest BCUT2D eigenvalue weighted by atomic mass is 9.95. The number of aliphatic hydroxyl groups is 1. The highest BCUT2D eigenvalue weighted by atomic mass is 32.2. The molecule has 2 heterocycles. The number of piperidine rings is 1. The van der Waals surface area contributed by atoms with E-state index in [-0.39, 0.29) is 0 Å². The molecule has 0 bridgehead atoms. The average Bonchev–Trinajstić information content (AvgIpc) is 2.85. The van der Waals surface area contributed by atoms with Crippen LogP contribution in [0.5, 0.6) is 0 Å². The van der Waals surface area contributed by atoms with Gasteiger partial charge in [0.2, 0.25) is 0 Å². The number of hydrogen-bond acceptors (Lipinski definition) is 3. The van der Waals surface area contributed by atoms with Crippen molar-refractivity contribution in [1.29, 1.82) is 0 Å². The number of fused-ring (bicyclic) bond motifs is 1. The molecule has 3 rings (SSSR count). The predicted molar refractivity (Wildman–Crippen MR) is 80.8 cm³/mol. The standard InChI is InChI=1S/C16H23NOS/c18-10-8-14-5-3-4-9-17(14)11-13-12-19-16-7-2-1-6-15(13)16/h1-2,6-7,13-14,18H,3-5,8-12H2. The lowest BCUT2D eigenvalue weighted by Gasteiger charge is -2.37. The van der Waals surface area contributed by atoms with Crippen LogP contribution in [0.3, 0.4) is 0 Å². The Morgan fingerprint density at radius 1 is 1.26 bits per heavy atom. The summed E-state index contributed by atoms with van der Waals surface area (Å²) in [5, 5.41) is 9.22. The van der Waals surface area contributed by atoms with Crippen LogP contribution in [0.1, 0.15) is 37.2 Å². The summed E-state index contributed by atoms with van der Waals surface area (Å²) in [5.74, 6) is 1.90. The summed E-state index contributed by atoms with van der Waals surface area (Å²) in [6.45, 7) is 2.72. The van der Waals surface area contributed by atoms with Gasteiger partial charge in [0.05, 0.1) is 0 Å². The largest absolute Gasteiger partial charge is 0.396 e. The summed E-state index contributed by atoms with van der Waals surface area (Å²) in [6, 6.07) is 9.46. The van der Waals surface area contributed by atoms with Crippen molar-refractivity contribution in [3.63, 3.8) is 0 Å². The second kappa shape index (κ2) is 6.29. The van der Waals surface area contributed by atoms with E-state index in [9.17, 15) is 5.11 Å². The first-order valence-corrected chi connectivity index (χ1v) is 8.43. The van der Waals surface area contributed by atoms with Crippen molar-refractivity contribution in [1.82, 2.24) is 4.90 Å². The molecule has 1 aromatic rings. The molecule has 1 N–H and O–H groups in total. The van der Waals surface area contributed by atoms with Gasteiger partial charge in [-0.15, -0.1) is 11.8 Å². The van der Waals surface area contributed by atoms with E-state index in [0.29, 0.717) is 18.6 Å². The monoisotopic (exact) mass is 277 g/mol. The van der Waals surface area contributed by atoms with Gasteiger partial charge >= 0.3 is 0 Å². The van der Waals surface area contributed by atoms with Gasteiger partial charge in [-0.1, -0.05) is 24.6 Å². The molecule has 104 valence electrons. The maximum Gasteiger partial charge on any atom is 0.0445 e. The zero-order valence-corrected chi connectivity index (χ0v) is 12.2. The van der Waals surface area contributed by atoms with Crippen molar-refractivity contribution in [2.45, 2.75) is 42.5 Å². The van der Waals surface area contributed by atoms with Crippen LogP contribution in [0.4, 0.5) is 0 Å². The lowest BCUT2D eigenvalue weighted by molar-refractivity contribution is 0.114. The van der Waals surface area contributed by atoms with Crippen LogP contribution >= 0.6 is 11.8 Å². The van der Waals surface area contributed by atoms with Gasteiger partial charge < -0.3 is 5.11 Å². The summed E-state index contributed by atoms with van der Waals surface area (Å²) < 4.78 is 0. The first-order valence-electron chi connectivity index (χ1n) is 7.45. The fraction of sp³-hybridized carbons (Fsp3) is 0.625. The van der Waals surface area contributed by atoms with E-state index in [1.807, 2.05) is 11.8 Å². The Hall–Kier alpha value is -0.510. The minimum Gasteiger partial charge on any atom is -0.396 e. The van der Waals surface area contributed by atoms with Crippen molar-refractivity contribution in [3.8, 4) is 0 Å². The van der Waals surface area contributed by atoms with Crippen LogP contribution in [-0.2, 0) is 0 Å². The highest BCUT2D eigenvalue weighted by Crippen LogP contribution is 2.40. The molecule has 1 saturated heterocycles. The topological polar surface area (TPSA) is 23.5 Å². The molecule has 0 aliphatic carbocycles. The minimum absolute atomic E-state index is 0.331. The molecule has 0 spiro atoms. The Morgan fingerprint density at radius 2 is 2.16 bits per heavy atom. The maximum absolute atomic E-state index is 9.22. The fourth-order valence-corrected chi connectivity index (χ4v) is 4.68. The zero-order chi connectivity index (χ0) is 13.1. The van der Waals surface area contributed by atoms with Crippen LogP contribution in [0.25, 0.3) is 0 Å². The first kappa shape index (κ1) is 13.5. The van der Waals surface area contributed by atoms with Crippen molar-refractivity contribution in [2.75, 3.05) is 25.4 Å². The number of hydrogen-bond donors (Lipinski definition) is 1. The molecule has 2 nitrogen and oxygen atoms in total. The fourth-order valence-electron chi connectivity index (χ4n) is 3.44. The van der Waals surface area contributed by atoms with Crippen LogP contribution in [0.2, 0.25) is 0 Å². The quantitative estimate of drug-likeness (QED) is 0.915. The third-order valence-electron chi connectivity index (χ3n) is 4.47. The van der Waals surface area contributed by atoms with Crippen molar-refractivity contribution in [3.05, 3.63) is 29.8 Å². The average molecular weight is 277 g/mol. The summed E-state index contributed by atoms with van der Waals surface area (Å²) in [7, 11) is 0. The maximum atomic E-state index is 9.22. The van der Waals surface area contributed by atoms with E-state index in [1.165, 1.54) is 43.0 Å². The first-order chi connectivity index (χ1) is 9.38. The SMILES string of the molecule is OCCC1CCCCN1CC1CSc2ccccc21. The molecule has 0 saturated carbocycles. The molecule has 2 aliphatic heterocycles. The van der Waals surface area contributed by atoms with E-state index in [1.54, 1.807) is 5.56 Å². The summed E-state index contributed by atoms with van der Waals surface area (Å²) in [5.41, 5.74) is 1.54. The molecular weight excluding hydrogens is 254 g/mol. The van der Waals surface area contributed by atoms with Gasteiger partial charge in [-0.2, -0.15) is 0 Å². The second-order valence-electron chi connectivity index (χ2n) is 5.70. The van der Waals surface area contributed by atoms with Crippen LogP contribution in [-0.4, -0.2) is 41.5 Å². The van der Waals surface area contributed by atoms with Crippen molar-refractivity contribution in [2.24, 2.45) is 0 Å². The molecule has 2 aliphatic rings. The van der Waals surface area contributed by atoms with E-state index in [0.717, 1.165) is 6.42 Å². The second-order valence-corrected chi connectivity index (χ2v) is 6.76. The molecule has 3 heteroatoms. The zero-order valence-electron chi connectivity index (χ0n) is 11.4. The molecule has 0 radical (unpaired) electrons. The molecule has 2 atom stereocenters. The van der Waals surface area contributed by atoms with Gasteiger partial charge in [0, 0.05) is 35.8 Å². The van der Waals surface area contributed by atoms with Crippen LogP contribution < -0.4 is 0 Å². The van der Waals surface area contributed by atoms with Gasteiger partial charge in [0.1, 0.15) is 0 Å². The summed E-state index contributed by atoms with van der Waals surface area (Å²) in [4.78, 5) is 4.11. The number of aliphatic hydroxyl groups excluding tert-OH is 1. The normalized spacial score (nSPS) is 27.4. The number of nitrogens with zero attached hydrogens (tertiary/aromatic N) is 1. The number of thioether (sulfide) groups is 1. The van der Waals surface area contributed by atoms with Gasteiger partial charge in [0.25, 0.3) is 0 Å². The van der Waals surface area contributed by atoms with Gasteiger partial charge in [-0.25, -0.2) is 0 Å². The third kappa shape index (κ3) is 2.99. The Bertz CT molecular complexity index is 421. The highest BCUT2D eigenvalue weighted by molar-refractivity contribution is 7.99. The molecule has 19 heavy (non-hydrogen) atoms. The minimum atomic E-state index is 0.331. The van der Waals surface area contributed by atoms with E-state index < -0.39 is 0 Å². The van der Waals surface area contributed by atoms with E-state index >= 15 is 0 Å². The highest BCUT2D eigenvalue weighted by Gasteiger charge is 2.28. The van der Waals surface area contributed by atoms with Gasteiger partial charge in [-0.3, -0.25) is 4.90 Å². The van der Waals surface area contributed by atoms with E-state index in [2.05, 4.69) is 29.2 Å². The molecular formula is C16H23NOS. The van der Waals surface area contributed by atoms with Crippen LogP contribution in [0.15, 0.2) is 29.2 Å². The Morgan fingerprint density at radius 3 is 3.05 bits per heavy atom. The van der Waals surface area contributed by atoms with Gasteiger partial charge in [-0.05, 0) is 37.4 Å².